The number of nitrogens with zero attached hydrogens (tertiary/aromatic N) is 1. The molecule has 0 heterocycles. The molecular formula is C9H14N3O2. The highest BCUT2D eigenvalue weighted by Gasteiger charge is 2.10. The van der Waals surface area contributed by atoms with Crippen LogP contribution in [-0.4, -0.2) is 24.9 Å². The smallest absolute Gasteiger partial charge is 0.310 e. The Kier molecular flexibility index (Phi) is 7.15. The molecule has 0 aliphatic carbocycles. The molecule has 0 spiro atoms. The van der Waals surface area contributed by atoms with E-state index in [1.807, 2.05) is 0 Å². The molecule has 14 heavy (non-hydrogen) atoms. The van der Waals surface area contributed by atoms with Crippen molar-refractivity contribution in [2.75, 3.05) is 13.1 Å². The second kappa shape index (κ2) is 8.05. The van der Waals surface area contributed by atoms with Gasteiger partial charge >= 0.3 is 11.8 Å². The molecule has 5 nitrogen and oxygen atoms in total. The van der Waals surface area contributed by atoms with Gasteiger partial charge in [0.25, 0.3) is 0 Å². The molecule has 0 atom stereocenters. The van der Waals surface area contributed by atoms with Crippen LogP contribution in [0.3, 0.4) is 0 Å². The Balaban J connectivity index is 3.53. The minimum Gasteiger partial charge on any atom is -0.348 e. The largest absolute Gasteiger partial charge is 0.348 e. The van der Waals surface area contributed by atoms with E-state index in [0.717, 1.165) is 19.3 Å². The Bertz CT molecular complexity index is 233. The average Bonchev–Trinajstić information content (AvgIpc) is 2.20. The van der Waals surface area contributed by atoms with Gasteiger partial charge in [0.15, 0.2) is 0 Å². The fraction of sp³-hybridized carbons (Fsp3) is 0.556. The third-order valence-corrected chi connectivity index (χ3v) is 1.50. The maximum atomic E-state index is 11.0. The highest BCUT2D eigenvalue weighted by molar-refractivity contribution is 6.35. The van der Waals surface area contributed by atoms with E-state index in [4.69, 9.17) is 5.26 Å². The van der Waals surface area contributed by atoms with Crippen molar-refractivity contribution in [2.45, 2.75) is 19.3 Å². The lowest BCUT2D eigenvalue weighted by Gasteiger charge is -2.03. The van der Waals surface area contributed by atoms with Crippen LogP contribution in [0, 0.1) is 18.3 Å². The summed E-state index contributed by atoms with van der Waals surface area (Å²) in [4.78, 5) is 21.8. The van der Waals surface area contributed by atoms with Crippen LogP contribution in [0.15, 0.2) is 0 Å². The zero-order chi connectivity index (χ0) is 10.8. The summed E-state index contributed by atoms with van der Waals surface area (Å²) in [5.41, 5.74) is 0. The number of unbranched alkanes of at least 4 members (excludes halogenated alkanes) is 2. The van der Waals surface area contributed by atoms with Gasteiger partial charge in [-0.25, -0.2) is 0 Å². The Morgan fingerprint density at radius 3 is 2.43 bits per heavy atom. The second-order valence-corrected chi connectivity index (χ2v) is 2.66. The van der Waals surface area contributed by atoms with E-state index in [1.165, 1.54) is 0 Å². The average molecular weight is 196 g/mol. The maximum Gasteiger partial charge on any atom is 0.310 e. The number of hydrogen-bond acceptors (Lipinski definition) is 3. The molecule has 2 N–H and O–H groups in total. The third kappa shape index (κ3) is 6.00. The summed E-state index contributed by atoms with van der Waals surface area (Å²) in [7, 11) is 0. The molecule has 5 heteroatoms. The number of carbonyl (C=O) groups excluding carboxylic acids is 2. The van der Waals surface area contributed by atoms with Gasteiger partial charge in [-0.05, 0) is 6.42 Å². The van der Waals surface area contributed by atoms with Crippen molar-refractivity contribution in [3.8, 4) is 6.07 Å². The molecule has 0 aromatic heterocycles. The van der Waals surface area contributed by atoms with Gasteiger partial charge < -0.3 is 10.6 Å². The molecule has 0 fully saturated rings. The number of hydrogen-bond donors (Lipinski definition) is 2. The quantitative estimate of drug-likeness (QED) is 0.361. The van der Waals surface area contributed by atoms with Crippen molar-refractivity contribution in [2.24, 2.45) is 0 Å². The first kappa shape index (κ1) is 12.4. The lowest BCUT2D eigenvalue weighted by molar-refractivity contribution is -0.139. The van der Waals surface area contributed by atoms with Gasteiger partial charge in [0, 0.05) is 6.54 Å². The van der Waals surface area contributed by atoms with Gasteiger partial charge in [-0.2, -0.15) is 5.26 Å². The number of nitriles is 1. The molecule has 0 bridgehead atoms. The number of amides is 2. The third-order valence-electron chi connectivity index (χ3n) is 1.50. The van der Waals surface area contributed by atoms with Gasteiger partial charge in [-0.15, -0.1) is 0 Å². The molecule has 0 rings (SSSR count). The summed E-state index contributed by atoms with van der Waals surface area (Å²) < 4.78 is 0. The van der Waals surface area contributed by atoms with E-state index >= 15 is 0 Å². The maximum absolute atomic E-state index is 11.0. The second-order valence-electron chi connectivity index (χ2n) is 2.66. The van der Waals surface area contributed by atoms with Crippen molar-refractivity contribution in [1.29, 1.82) is 5.26 Å². The standard InChI is InChI=1S/C9H14N3O2/c1-2-3-4-6-11-8(13)9(14)12-7-5-10/h1-4,6-7H2,(H,11,13)(H,12,14). The molecule has 2 amide bonds. The fourth-order valence-electron chi connectivity index (χ4n) is 0.784. The molecule has 1 radical (unpaired) electrons. The summed E-state index contributed by atoms with van der Waals surface area (Å²) in [6, 6.07) is 1.71. The highest BCUT2D eigenvalue weighted by atomic mass is 16.2. The zero-order valence-electron chi connectivity index (χ0n) is 8.01. The van der Waals surface area contributed by atoms with E-state index < -0.39 is 11.8 Å². The lowest BCUT2D eigenvalue weighted by Crippen LogP contribution is -2.40. The van der Waals surface area contributed by atoms with Gasteiger partial charge in [-0.3, -0.25) is 9.59 Å². The Morgan fingerprint density at radius 2 is 1.86 bits per heavy atom. The van der Waals surface area contributed by atoms with E-state index in [0.29, 0.717) is 6.54 Å². The van der Waals surface area contributed by atoms with Crippen LogP contribution in [0.5, 0.6) is 0 Å². The van der Waals surface area contributed by atoms with Crippen molar-refractivity contribution in [3.05, 3.63) is 6.92 Å². The normalized spacial score (nSPS) is 8.86. The minimum absolute atomic E-state index is 0.148. The molecular weight excluding hydrogens is 182 g/mol. The van der Waals surface area contributed by atoms with Crippen LogP contribution in [0.2, 0.25) is 0 Å². The van der Waals surface area contributed by atoms with E-state index in [2.05, 4.69) is 17.6 Å². The van der Waals surface area contributed by atoms with Gasteiger partial charge in [0.2, 0.25) is 0 Å². The zero-order valence-corrected chi connectivity index (χ0v) is 8.01. The highest BCUT2D eigenvalue weighted by Crippen LogP contribution is 1.90. The Labute approximate surface area is 83.5 Å². The molecule has 0 saturated heterocycles. The molecule has 0 aliphatic heterocycles. The molecule has 0 aromatic rings. The molecule has 0 unspecified atom stereocenters. The van der Waals surface area contributed by atoms with Crippen LogP contribution in [0.1, 0.15) is 19.3 Å². The summed E-state index contributed by atoms with van der Waals surface area (Å²) >= 11 is 0. The van der Waals surface area contributed by atoms with E-state index in [9.17, 15) is 9.59 Å². The number of rotatable bonds is 5. The van der Waals surface area contributed by atoms with Crippen LogP contribution >= 0.6 is 0 Å². The van der Waals surface area contributed by atoms with Crippen molar-refractivity contribution in [3.63, 3.8) is 0 Å². The number of carbonyl (C=O) groups is 2. The first-order chi connectivity index (χ1) is 6.72. The Morgan fingerprint density at radius 1 is 1.21 bits per heavy atom. The fourth-order valence-corrected chi connectivity index (χ4v) is 0.784. The van der Waals surface area contributed by atoms with Crippen molar-refractivity contribution < 1.29 is 9.59 Å². The number of nitrogens with one attached hydrogen (secondary N) is 2. The monoisotopic (exact) mass is 196 g/mol. The Hall–Kier alpha value is -1.57. The molecule has 0 aromatic carbocycles. The topological polar surface area (TPSA) is 82.0 Å². The summed E-state index contributed by atoms with van der Waals surface area (Å²) in [6.07, 6.45) is 2.54. The van der Waals surface area contributed by atoms with E-state index in [1.54, 1.807) is 6.07 Å². The summed E-state index contributed by atoms with van der Waals surface area (Å²) in [5.74, 6) is -1.45. The summed E-state index contributed by atoms with van der Waals surface area (Å²) in [6.45, 7) is 3.97. The summed E-state index contributed by atoms with van der Waals surface area (Å²) in [5, 5.41) is 12.7. The van der Waals surface area contributed by atoms with Crippen LogP contribution in [0.25, 0.3) is 0 Å². The van der Waals surface area contributed by atoms with Gasteiger partial charge in [0.1, 0.15) is 6.54 Å². The van der Waals surface area contributed by atoms with Gasteiger partial charge in [0.05, 0.1) is 6.07 Å². The van der Waals surface area contributed by atoms with E-state index in [-0.39, 0.29) is 6.54 Å². The van der Waals surface area contributed by atoms with Crippen LogP contribution in [-0.2, 0) is 9.59 Å². The minimum atomic E-state index is -0.763. The van der Waals surface area contributed by atoms with Crippen LogP contribution in [0.4, 0.5) is 0 Å². The predicted octanol–water partition coefficient (Wildman–Crippen LogP) is -0.253. The molecule has 77 valence electrons. The molecule has 0 saturated carbocycles. The first-order valence-corrected chi connectivity index (χ1v) is 4.44. The first-order valence-electron chi connectivity index (χ1n) is 4.44. The predicted molar refractivity (Wildman–Crippen MR) is 50.8 cm³/mol. The van der Waals surface area contributed by atoms with Crippen LogP contribution < -0.4 is 10.6 Å². The van der Waals surface area contributed by atoms with Crippen molar-refractivity contribution >= 4 is 11.8 Å². The van der Waals surface area contributed by atoms with Gasteiger partial charge in [-0.1, -0.05) is 19.8 Å². The van der Waals surface area contributed by atoms with Crippen molar-refractivity contribution in [1.82, 2.24) is 10.6 Å². The molecule has 0 aliphatic rings. The SMILES string of the molecule is [CH2]CCCCNC(=O)C(=O)NCC#N. The lowest BCUT2D eigenvalue weighted by atomic mass is 10.2.